The number of hydrogen-bond donors (Lipinski definition) is 2. The van der Waals surface area contributed by atoms with Crippen LogP contribution in [0, 0.1) is 0 Å². The van der Waals surface area contributed by atoms with Gasteiger partial charge in [-0.15, -0.1) is 0 Å². The van der Waals surface area contributed by atoms with Gasteiger partial charge in [0.25, 0.3) is 0 Å². The van der Waals surface area contributed by atoms with Gasteiger partial charge in [-0.1, -0.05) is 6.08 Å². The lowest BCUT2D eigenvalue weighted by Crippen LogP contribution is -2.12. The largest absolute Gasteiger partial charge is 0.403 e. The highest BCUT2D eigenvalue weighted by Gasteiger charge is 1.93. The van der Waals surface area contributed by atoms with E-state index in [2.05, 4.69) is 5.32 Å². The number of rotatable bonds is 0. The Kier molecular flexibility index (Phi) is 1.58. The predicted octanol–water partition coefficient (Wildman–Crippen LogP) is 0.850. The van der Waals surface area contributed by atoms with Crippen LogP contribution in [0.25, 0.3) is 0 Å². The first-order valence-electron chi connectivity index (χ1n) is 2.87. The maximum Gasteiger partial charge on any atom is 0.0539 e. The minimum atomic E-state index is 0.954. The third kappa shape index (κ3) is 1.35. The fourth-order valence-electron chi connectivity index (χ4n) is 0.704. The molecule has 1 rings (SSSR count). The summed E-state index contributed by atoms with van der Waals surface area (Å²) in [7, 11) is 0. The molecule has 0 aromatic rings. The molecule has 0 spiro atoms. The van der Waals surface area contributed by atoms with Gasteiger partial charge in [-0.3, -0.25) is 0 Å². The Morgan fingerprint density at radius 2 is 2.44 bits per heavy atom. The van der Waals surface area contributed by atoms with Crippen LogP contribution >= 0.6 is 0 Å². The molecule has 1 heterocycles. The first-order valence-corrected chi connectivity index (χ1v) is 2.87. The summed E-state index contributed by atoms with van der Waals surface area (Å²) >= 11 is 0. The van der Waals surface area contributed by atoms with E-state index in [9.17, 15) is 0 Å². The highest BCUT2D eigenvalue weighted by molar-refractivity contribution is 5.29. The molecule has 0 fully saturated rings. The Morgan fingerprint density at radius 3 is 2.89 bits per heavy atom. The van der Waals surface area contributed by atoms with Crippen molar-refractivity contribution in [3.8, 4) is 0 Å². The molecule has 0 radical (unpaired) electrons. The zero-order chi connectivity index (χ0) is 6.69. The van der Waals surface area contributed by atoms with Crippen molar-refractivity contribution in [3.05, 3.63) is 35.8 Å². The number of allylic oxidation sites excluding steroid dienone is 4. The molecule has 2 nitrogen and oxygen atoms in total. The van der Waals surface area contributed by atoms with E-state index in [1.165, 1.54) is 0 Å². The molecule has 0 aromatic heterocycles. The maximum atomic E-state index is 5.26. The van der Waals surface area contributed by atoms with Crippen molar-refractivity contribution in [2.45, 2.75) is 6.92 Å². The second-order valence-corrected chi connectivity index (χ2v) is 1.96. The molecule has 0 saturated heterocycles. The normalized spacial score (nSPS) is 21.4. The van der Waals surface area contributed by atoms with Gasteiger partial charge in [0.2, 0.25) is 0 Å². The van der Waals surface area contributed by atoms with E-state index in [0.29, 0.717) is 0 Å². The standard InChI is InChI=1S/C7H10N2/c1-6-3-2-4-7(5-8)9-6/h2-5,9H,8H2,1H3/b7-5-. The zero-order valence-electron chi connectivity index (χ0n) is 5.39. The summed E-state index contributed by atoms with van der Waals surface area (Å²) in [4.78, 5) is 0. The minimum absolute atomic E-state index is 0.954. The smallest absolute Gasteiger partial charge is 0.0539 e. The van der Waals surface area contributed by atoms with Crippen molar-refractivity contribution in [1.29, 1.82) is 0 Å². The molecule has 0 amide bonds. The molecule has 0 saturated carbocycles. The van der Waals surface area contributed by atoms with E-state index < -0.39 is 0 Å². The van der Waals surface area contributed by atoms with E-state index in [-0.39, 0.29) is 0 Å². The Labute approximate surface area is 54.7 Å². The van der Waals surface area contributed by atoms with Crippen LogP contribution in [-0.2, 0) is 0 Å². The summed E-state index contributed by atoms with van der Waals surface area (Å²) in [5.74, 6) is 0. The van der Waals surface area contributed by atoms with Gasteiger partial charge in [-0.2, -0.15) is 0 Å². The molecule has 0 bridgehead atoms. The lowest BCUT2D eigenvalue weighted by molar-refractivity contribution is 0.983. The van der Waals surface area contributed by atoms with Crippen LogP contribution in [0.5, 0.6) is 0 Å². The number of nitrogens with two attached hydrogens (primary N) is 1. The van der Waals surface area contributed by atoms with E-state index in [1.807, 2.05) is 25.2 Å². The van der Waals surface area contributed by atoms with Gasteiger partial charge >= 0.3 is 0 Å². The van der Waals surface area contributed by atoms with Crippen molar-refractivity contribution in [1.82, 2.24) is 5.32 Å². The van der Waals surface area contributed by atoms with Crippen molar-refractivity contribution >= 4 is 0 Å². The Morgan fingerprint density at radius 1 is 1.67 bits per heavy atom. The summed E-state index contributed by atoms with van der Waals surface area (Å²) in [6.07, 6.45) is 7.43. The Hall–Kier alpha value is -1.18. The van der Waals surface area contributed by atoms with Gasteiger partial charge in [0, 0.05) is 11.9 Å². The predicted molar refractivity (Wildman–Crippen MR) is 38.3 cm³/mol. The van der Waals surface area contributed by atoms with E-state index in [4.69, 9.17) is 5.73 Å². The molecule has 0 aromatic carbocycles. The second kappa shape index (κ2) is 2.40. The Balaban J connectivity index is 2.73. The number of dihydropyridines is 1. The lowest BCUT2D eigenvalue weighted by atomic mass is 10.2. The topological polar surface area (TPSA) is 38.0 Å². The van der Waals surface area contributed by atoms with Crippen molar-refractivity contribution < 1.29 is 0 Å². The van der Waals surface area contributed by atoms with E-state index >= 15 is 0 Å². The summed E-state index contributed by atoms with van der Waals surface area (Å²) in [6.45, 7) is 1.99. The molecule has 1 aliphatic rings. The third-order valence-corrected chi connectivity index (χ3v) is 1.14. The van der Waals surface area contributed by atoms with Crippen LogP contribution in [0.3, 0.4) is 0 Å². The zero-order valence-corrected chi connectivity index (χ0v) is 5.39. The first-order chi connectivity index (χ1) is 4.33. The molecule has 48 valence electrons. The van der Waals surface area contributed by atoms with Gasteiger partial charge < -0.3 is 11.1 Å². The fraction of sp³-hybridized carbons (Fsp3) is 0.143. The Bertz CT molecular complexity index is 187. The van der Waals surface area contributed by atoms with Crippen LogP contribution in [-0.4, -0.2) is 0 Å². The first kappa shape index (κ1) is 5.95. The molecular formula is C7H10N2. The SMILES string of the molecule is CC1=CC=C/C(=C/N)N1. The van der Waals surface area contributed by atoms with Crippen LogP contribution in [0.4, 0.5) is 0 Å². The number of nitrogens with one attached hydrogen (secondary N) is 1. The highest BCUT2D eigenvalue weighted by Crippen LogP contribution is 2.01. The van der Waals surface area contributed by atoms with Crippen LogP contribution in [0.2, 0.25) is 0 Å². The van der Waals surface area contributed by atoms with Crippen molar-refractivity contribution in [2.75, 3.05) is 0 Å². The number of hydrogen-bond acceptors (Lipinski definition) is 2. The average Bonchev–Trinajstić information content (AvgIpc) is 1.88. The molecule has 3 N–H and O–H groups in total. The maximum absolute atomic E-state index is 5.26. The fourth-order valence-corrected chi connectivity index (χ4v) is 0.704. The molecule has 9 heavy (non-hydrogen) atoms. The van der Waals surface area contributed by atoms with Gasteiger partial charge in [-0.25, -0.2) is 0 Å². The molecule has 2 heteroatoms. The van der Waals surface area contributed by atoms with E-state index in [1.54, 1.807) is 6.20 Å². The van der Waals surface area contributed by atoms with Crippen molar-refractivity contribution in [3.63, 3.8) is 0 Å². The van der Waals surface area contributed by atoms with Gasteiger partial charge in [0.05, 0.1) is 5.70 Å². The van der Waals surface area contributed by atoms with Gasteiger partial charge in [0.1, 0.15) is 0 Å². The lowest BCUT2D eigenvalue weighted by Gasteiger charge is -2.08. The quantitative estimate of drug-likeness (QED) is 0.500. The van der Waals surface area contributed by atoms with Crippen molar-refractivity contribution in [2.24, 2.45) is 5.73 Å². The van der Waals surface area contributed by atoms with Crippen LogP contribution < -0.4 is 11.1 Å². The molecule has 0 atom stereocenters. The summed E-state index contributed by atoms with van der Waals surface area (Å²) in [6, 6.07) is 0. The van der Waals surface area contributed by atoms with Gasteiger partial charge in [0.15, 0.2) is 0 Å². The monoisotopic (exact) mass is 122 g/mol. The molecular weight excluding hydrogens is 112 g/mol. The third-order valence-electron chi connectivity index (χ3n) is 1.14. The van der Waals surface area contributed by atoms with Crippen LogP contribution in [0.15, 0.2) is 35.8 Å². The molecule has 0 unspecified atom stereocenters. The molecule has 0 aliphatic carbocycles. The molecule has 1 aliphatic heterocycles. The second-order valence-electron chi connectivity index (χ2n) is 1.96. The summed E-state index contributed by atoms with van der Waals surface area (Å²) in [5.41, 5.74) is 7.34. The summed E-state index contributed by atoms with van der Waals surface area (Å²) in [5, 5.41) is 3.08. The van der Waals surface area contributed by atoms with Gasteiger partial charge in [-0.05, 0) is 19.1 Å². The minimum Gasteiger partial charge on any atom is -0.403 e. The van der Waals surface area contributed by atoms with Crippen LogP contribution in [0.1, 0.15) is 6.92 Å². The highest BCUT2D eigenvalue weighted by atomic mass is 14.9. The van der Waals surface area contributed by atoms with E-state index in [0.717, 1.165) is 11.4 Å². The average molecular weight is 122 g/mol. The summed E-state index contributed by atoms with van der Waals surface area (Å²) < 4.78 is 0.